The maximum absolute atomic E-state index is 12.3. The van der Waals surface area contributed by atoms with Crippen molar-refractivity contribution < 1.29 is 14.5 Å². The number of nitrogens with one attached hydrogen (secondary N) is 1. The Morgan fingerprint density at radius 3 is 2.61 bits per heavy atom. The number of rotatable bonds is 6. The average molecular weight is 425 g/mol. The quantitative estimate of drug-likeness (QED) is 0.419. The van der Waals surface area contributed by atoms with E-state index in [1.165, 1.54) is 29.8 Å². The van der Waals surface area contributed by atoms with Crippen LogP contribution in [0, 0.1) is 10.1 Å². The van der Waals surface area contributed by atoms with Crippen LogP contribution < -0.4 is 15.1 Å². The topological polar surface area (TPSA) is 97.1 Å². The average Bonchev–Trinajstić information content (AvgIpc) is 2.73. The number of benzene rings is 2. The minimum atomic E-state index is -0.510. The number of anilines is 1. The first-order valence-electron chi connectivity index (χ1n) is 10.3. The molecule has 1 heterocycles. The summed E-state index contributed by atoms with van der Waals surface area (Å²) in [6.07, 6.45) is 2.60. The Balaban J connectivity index is 1.83. The van der Waals surface area contributed by atoms with Gasteiger partial charge in [0, 0.05) is 47.1 Å². The fourth-order valence-electron chi connectivity index (χ4n) is 4.36. The molecule has 1 N–H and O–H groups in total. The van der Waals surface area contributed by atoms with Gasteiger partial charge in [0.05, 0.1) is 18.2 Å². The van der Waals surface area contributed by atoms with Crippen LogP contribution in [0.1, 0.15) is 61.5 Å². The van der Waals surface area contributed by atoms with E-state index < -0.39 is 10.8 Å². The highest BCUT2D eigenvalue weighted by molar-refractivity contribution is 5.95. The van der Waals surface area contributed by atoms with Gasteiger partial charge in [-0.2, -0.15) is 5.10 Å². The maximum atomic E-state index is 12.3. The number of ether oxygens (including phenoxy) is 1. The molecular formula is C23H28N4O4. The van der Waals surface area contributed by atoms with Crippen LogP contribution in [0.3, 0.4) is 0 Å². The van der Waals surface area contributed by atoms with Crippen molar-refractivity contribution in [1.82, 2.24) is 5.43 Å². The molecule has 0 saturated carbocycles. The molecule has 8 heteroatoms. The summed E-state index contributed by atoms with van der Waals surface area (Å²) in [7, 11) is 1.61. The second kappa shape index (κ2) is 8.75. The zero-order valence-corrected chi connectivity index (χ0v) is 18.5. The van der Waals surface area contributed by atoms with Crippen molar-refractivity contribution in [2.75, 3.05) is 18.6 Å². The lowest BCUT2D eigenvalue weighted by Crippen LogP contribution is -2.48. The first-order chi connectivity index (χ1) is 14.7. The van der Waals surface area contributed by atoms with Gasteiger partial charge < -0.3 is 9.64 Å². The van der Waals surface area contributed by atoms with Gasteiger partial charge in [-0.05, 0) is 56.9 Å². The second-order valence-corrected chi connectivity index (χ2v) is 8.32. The highest BCUT2D eigenvalue weighted by Gasteiger charge is 2.36. The van der Waals surface area contributed by atoms with E-state index in [-0.39, 0.29) is 16.8 Å². The van der Waals surface area contributed by atoms with Gasteiger partial charge in [0.25, 0.3) is 11.6 Å². The number of amides is 1. The number of hydrogen-bond acceptors (Lipinski definition) is 6. The van der Waals surface area contributed by atoms with Crippen LogP contribution in [-0.2, 0) is 0 Å². The largest absolute Gasteiger partial charge is 0.496 e. The first kappa shape index (κ1) is 22.3. The smallest absolute Gasteiger partial charge is 0.271 e. The summed E-state index contributed by atoms with van der Waals surface area (Å²) in [4.78, 5) is 24.9. The van der Waals surface area contributed by atoms with E-state index in [0.29, 0.717) is 11.7 Å². The predicted octanol–water partition coefficient (Wildman–Crippen LogP) is 4.48. The maximum Gasteiger partial charge on any atom is 0.271 e. The summed E-state index contributed by atoms with van der Waals surface area (Å²) in [5.74, 6) is 0.603. The van der Waals surface area contributed by atoms with Crippen LogP contribution in [0.5, 0.6) is 5.75 Å². The molecule has 1 aliphatic rings. The van der Waals surface area contributed by atoms with Crippen LogP contribution in [0.4, 0.5) is 11.4 Å². The van der Waals surface area contributed by atoms with E-state index in [1.54, 1.807) is 13.3 Å². The van der Waals surface area contributed by atoms with Gasteiger partial charge in [-0.25, -0.2) is 5.43 Å². The van der Waals surface area contributed by atoms with Gasteiger partial charge >= 0.3 is 0 Å². The standard InChI is InChI=1S/C23H28N4O4/c1-6-26-20-12-21(31-5)17(11-19(20)15(2)13-23(26,3)4)14-24-25-22(28)16-7-9-18(10-8-16)27(29)30/h7-12,14-15H,6,13H2,1-5H3,(H,25,28)/b24-14-. The Kier molecular flexibility index (Phi) is 6.29. The van der Waals surface area contributed by atoms with E-state index in [1.807, 2.05) is 6.07 Å². The van der Waals surface area contributed by atoms with Crippen LogP contribution in [0.15, 0.2) is 41.5 Å². The number of carbonyl (C=O) groups excluding carboxylic acids is 1. The fourth-order valence-corrected chi connectivity index (χ4v) is 4.36. The molecule has 0 radical (unpaired) electrons. The molecule has 2 aromatic rings. The summed E-state index contributed by atoms with van der Waals surface area (Å²) in [5.41, 5.74) is 5.90. The Hall–Kier alpha value is -3.42. The molecule has 8 nitrogen and oxygen atoms in total. The van der Waals surface area contributed by atoms with Crippen LogP contribution in [-0.4, -0.2) is 36.2 Å². The number of nitro benzene ring substituents is 1. The van der Waals surface area contributed by atoms with E-state index in [4.69, 9.17) is 4.74 Å². The van der Waals surface area contributed by atoms with Crippen molar-refractivity contribution in [3.05, 3.63) is 63.2 Å². The van der Waals surface area contributed by atoms with Crippen LogP contribution >= 0.6 is 0 Å². The third kappa shape index (κ3) is 4.52. The number of carbonyl (C=O) groups is 1. The van der Waals surface area contributed by atoms with Gasteiger partial charge in [0.1, 0.15) is 5.75 Å². The summed E-state index contributed by atoms with van der Waals surface area (Å²) < 4.78 is 5.59. The number of nitrogens with zero attached hydrogens (tertiary/aromatic N) is 3. The SMILES string of the molecule is CCN1c2cc(OC)c(/C=N\NC(=O)c3ccc([N+](=O)[O-])cc3)cc2C(C)CC1(C)C. The minimum Gasteiger partial charge on any atom is -0.496 e. The van der Waals surface area contributed by atoms with Crippen molar-refractivity contribution in [2.45, 2.75) is 45.6 Å². The van der Waals surface area contributed by atoms with Gasteiger partial charge in [-0.1, -0.05) is 6.92 Å². The highest BCUT2D eigenvalue weighted by Crippen LogP contribution is 2.45. The molecular weight excluding hydrogens is 396 g/mol. The van der Waals surface area contributed by atoms with Crippen molar-refractivity contribution in [2.24, 2.45) is 5.10 Å². The van der Waals surface area contributed by atoms with E-state index in [9.17, 15) is 14.9 Å². The Morgan fingerprint density at radius 2 is 2.03 bits per heavy atom. The van der Waals surface area contributed by atoms with Gasteiger partial charge in [-0.3, -0.25) is 14.9 Å². The molecule has 0 bridgehead atoms. The molecule has 164 valence electrons. The molecule has 31 heavy (non-hydrogen) atoms. The first-order valence-corrected chi connectivity index (χ1v) is 10.3. The number of hydrazone groups is 1. The van der Waals surface area contributed by atoms with Gasteiger partial charge in [0.2, 0.25) is 0 Å². The molecule has 1 atom stereocenters. The summed E-state index contributed by atoms with van der Waals surface area (Å²) in [5, 5.41) is 14.8. The molecule has 0 spiro atoms. The van der Waals surface area contributed by atoms with E-state index >= 15 is 0 Å². The van der Waals surface area contributed by atoms with E-state index in [2.05, 4.69) is 49.2 Å². The van der Waals surface area contributed by atoms with Gasteiger partial charge in [-0.15, -0.1) is 0 Å². The monoisotopic (exact) mass is 424 g/mol. The van der Waals surface area contributed by atoms with Crippen molar-refractivity contribution in [3.8, 4) is 5.75 Å². The summed E-state index contributed by atoms with van der Waals surface area (Å²) in [6.45, 7) is 9.78. The number of methoxy groups -OCH3 is 1. The molecule has 0 aromatic heterocycles. The summed E-state index contributed by atoms with van der Waals surface area (Å²) in [6, 6.07) is 9.46. The summed E-state index contributed by atoms with van der Waals surface area (Å²) >= 11 is 0. The fraction of sp³-hybridized carbons (Fsp3) is 0.391. The number of fused-ring (bicyclic) bond motifs is 1. The molecule has 0 aliphatic carbocycles. The minimum absolute atomic E-state index is 0.0561. The third-order valence-electron chi connectivity index (χ3n) is 5.76. The predicted molar refractivity (Wildman–Crippen MR) is 121 cm³/mol. The molecule has 3 rings (SSSR count). The molecule has 2 aromatic carbocycles. The molecule has 1 unspecified atom stereocenters. The zero-order valence-electron chi connectivity index (χ0n) is 18.5. The lowest BCUT2D eigenvalue weighted by molar-refractivity contribution is -0.384. The lowest BCUT2D eigenvalue weighted by atomic mass is 9.79. The normalized spacial score (nSPS) is 17.3. The lowest BCUT2D eigenvalue weighted by Gasteiger charge is -2.47. The molecule has 0 fully saturated rings. The van der Waals surface area contributed by atoms with Gasteiger partial charge in [0.15, 0.2) is 0 Å². The van der Waals surface area contributed by atoms with Crippen molar-refractivity contribution in [1.29, 1.82) is 0 Å². The van der Waals surface area contributed by atoms with Crippen molar-refractivity contribution in [3.63, 3.8) is 0 Å². The Morgan fingerprint density at radius 1 is 1.35 bits per heavy atom. The Labute approximate surface area is 182 Å². The Bertz CT molecular complexity index is 1010. The van der Waals surface area contributed by atoms with Crippen LogP contribution in [0.25, 0.3) is 0 Å². The highest BCUT2D eigenvalue weighted by atomic mass is 16.6. The number of hydrogen-bond donors (Lipinski definition) is 1. The molecule has 0 saturated heterocycles. The zero-order chi connectivity index (χ0) is 22.8. The second-order valence-electron chi connectivity index (χ2n) is 8.32. The van der Waals surface area contributed by atoms with Crippen LogP contribution in [0.2, 0.25) is 0 Å². The number of non-ortho nitro benzene ring substituents is 1. The van der Waals surface area contributed by atoms with E-state index in [0.717, 1.165) is 24.2 Å². The molecule has 1 amide bonds. The third-order valence-corrected chi connectivity index (χ3v) is 5.76. The number of nitro groups is 1. The van der Waals surface area contributed by atoms with Crippen molar-refractivity contribution >= 4 is 23.5 Å². The molecule has 1 aliphatic heterocycles.